The fraction of sp³-hybridized carbons (Fsp3) is 1.00. The van der Waals surface area contributed by atoms with E-state index in [1.165, 1.54) is 32.2 Å². The van der Waals surface area contributed by atoms with Gasteiger partial charge in [0.1, 0.15) is 0 Å². The minimum atomic E-state index is 0.665. The average molecular weight is 198 g/mol. The van der Waals surface area contributed by atoms with Gasteiger partial charge in [-0.25, -0.2) is 0 Å². The Labute approximate surface area is 88.8 Å². The van der Waals surface area contributed by atoms with Crippen molar-refractivity contribution in [1.29, 1.82) is 0 Å². The highest BCUT2D eigenvalue weighted by atomic mass is 15.0. The van der Waals surface area contributed by atoms with Crippen LogP contribution < -0.4 is 10.6 Å². The van der Waals surface area contributed by atoms with Crippen LogP contribution in [0.4, 0.5) is 0 Å². The molecule has 0 saturated heterocycles. The molecule has 0 bridgehead atoms. The van der Waals surface area contributed by atoms with Gasteiger partial charge in [0.25, 0.3) is 0 Å². The molecule has 1 aliphatic carbocycles. The fourth-order valence-electron chi connectivity index (χ4n) is 1.74. The molecule has 0 spiro atoms. The first-order valence-electron chi connectivity index (χ1n) is 6.16. The van der Waals surface area contributed by atoms with Crippen LogP contribution in [-0.4, -0.2) is 25.7 Å². The summed E-state index contributed by atoms with van der Waals surface area (Å²) in [6, 6.07) is 0.665. The third-order valence-electron chi connectivity index (χ3n) is 3.61. The highest BCUT2D eigenvalue weighted by molar-refractivity contribution is 4.93. The molecule has 2 heteroatoms. The lowest BCUT2D eigenvalue weighted by Crippen LogP contribution is -2.35. The predicted octanol–water partition coefficient (Wildman–Crippen LogP) is 2.15. The van der Waals surface area contributed by atoms with Gasteiger partial charge in [-0.05, 0) is 38.0 Å². The molecule has 1 unspecified atom stereocenters. The van der Waals surface area contributed by atoms with Crippen LogP contribution in [0.15, 0.2) is 0 Å². The van der Waals surface area contributed by atoms with Gasteiger partial charge in [0.05, 0.1) is 0 Å². The van der Waals surface area contributed by atoms with Crippen molar-refractivity contribution in [2.75, 3.05) is 19.6 Å². The first kappa shape index (κ1) is 12.0. The SMILES string of the molecule is CCC(C)NCCNCC1(CC)CC1. The lowest BCUT2D eigenvalue weighted by Gasteiger charge is -2.15. The zero-order chi connectivity index (χ0) is 10.4. The fourth-order valence-corrected chi connectivity index (χ4v) is 1.74. The topological polar surface area (TPSA) is 24.1 Å². The van der Waals surface area contributed by atoms with Gasteiger partial charge in [0.15, 0.2) is 0 Å². The number of hydrogen-bond donors (Lipinski definition) is 2. The molecule has 2 N–H and O–H groups in total. The summed E-state index contributed by atoms with van der Waals surface area (Å²) >= 11 is 0. The van der Waals surface area contributed by atoms with Crippen LogP contribution in [0.1, 0.15) is 46.5 Å². The van der Waals surface area contributed by atoms with Gasteiger partial charge in [-0.1, -0.05) is 13.8 Å². The van der Waals surface area contributed by atoms with Crippen molar-refractivity contribution in [1.82, 2.24) is 10.6 Å². The Morgan fingerprint density at radius 2 is 1.93 bits per heavy atom. The molecule has 2 nitrogen and oxygen atoms in total. The Balaban J connectivity index is 1.90. The van der Waals surface area contributed by atoms with E-state index in [0.717, 1.165) is 13.1 Å². The molecule has 0 aromatic carbocycles. The van der Waals surface area contributed by atoms with E-state index in [9.17, 15) is 0 Å². The van der Waals surface area contributed by atoms with Gasteiger partial charge >= 0.3 is 0 Å². The average Bonchev–Trinajstić information content (AvgIpc) is 2.98. The van der Waals surface area contributed by atoms with Crippen LogP contribution in [-0.2, 0) is 0 Å². The van der Waals surface area contributed by atoms with Gasteiger partial charge in [-0.15, -0.1) is 0 Å². The van der Waals surface area contributed by atoms with E-state index in [4.69, 9.17) is 0 Å². The standard InChI is InChI=1S/C12H26N2/c1-4-11(3)14-9-8-13-10-12(5-2)6-7-12/h11,13-14H,4-10H2,1-3H3. The molecule has 1 atom stereocenters. The maximum absolute atomic E-state index is 3.56. The third-order valence-corrected chi connectivity index (χ3v) is 3.61. The monoisotopic (exact) mass is 198 g/mol. The van der Waals surface area contributed by atoms with Gasteiger partial charge in [0.2, 0.25) is 0 Å². The van der Waals surface area contributed by atoms with Gasteiger partial charge in [-0.3, -0.25) is 0 Å². The van der Waals surface area contributed by atoms with E-state index in [0.29, 0.717) is 11.5 Å². The first-order valence-corrected chi connectivity index (χ1v) is 6.16. The molecule has 0 aromatic heterocycles. The first-order chi connectivity index (χ1) is 6.72. The maximum atomic E-state index is 3.56. The molecule has 1 rings (SSSR count). The van der Waals surface area contributed by atoms with Crippen molar-refractivity contribution in [3.05, 3.63) is 0 Å². The second kappa shape index (κ2) is 5.72. The summed E-state index contributed by atoms with van der Waals surface area (Å²) in [4.78, 5) is 0. The smallest absolute Gasteiger partial charge is 0.00792 e. The Bertz CT molecular complexity index is 152. The molecule has 14 heavy (non-hydrogen) atoms. The summed E-state index contributed by atoms with van der Waals surface area (Å²) in [5, 5.41) is 7.05. The van der Waals surface area contributed by atoms with Crippen molar-refractivity contribution in [3.8, 4) is 0 Å². The molecular formula is C12H26N2. The lowest BCUT2D eigenvalue weighted by atomic mass is 10.0. The summed E-state index contributed by atoms with van der Waals surface area (Å²) in [7, 11) is 0. The van der Waals surface area contributed by atoms with Gasteiger partial charge < -0.3 is 10.6 Å². The summed E-state index contributed by atoms with van der Waals surface area (Å²) < 4.78 is 0. The van der Waals surface area contributed by atoms with Gasteiger partial charge in [0, 0.05) is 25.7 Å². The van der Waals surface area contributed by atoms with E-state index < -0.39 is 0 Å². The van der Waals surface area contributed by atoms with Crippen molar-refractivity contribution >= 4 is 0 Å². The summed E-state index contributed by atoms with van der Waals surface area (Å²) in [5.74, 6) is 0. The Hall–Kier alpha value is -0.0800. The molecule has 0 amide bonds. The lowest BCUT2D eigenvalue weighted by molar-refractivity contribution is 0.433. The maximum Gasteiger partial charge on any atom is 0.00792 e. The molecule has 1 fully saturated rings. The Morgan fingerprint density at radius 1 is 1.21 bits per heavy atom. The van der Waals surface area contributed by atoms with Gasteiger partial charge in [-0.2, -0.15) is 0 Å². The quantitative estimate of drug-likeness (QED) is 0.584. The zero-order valence-electron chi connectivity index (χ0n) is 10.0. The second-order valence-corrected chi connectivity index (χ2v) is 4.79. The molecule has 1 saturated carbocycles. The van der Waals surface area contributed by atoms with Crippen LogP contribution in [0, 0.1) is 5.41 Å². The molecule has 0 radical (unpaired) electrons. The van der Waals surface area contributed by atoms with Crippen molar-refractivity contribution in [3.63, 3.8) is 0 Å². The van der Waals surface area contributed by atoms with E-state index in [2.05, 4.69) is 31.4 Å². The van der Waals surface area contributed by atoms with Crippen molar-refractivity contribution in [2.24, 2.45) is 5.41 Å². The molecule has 1 aliphatic rings. The number of hydrogen-bond acceptors (Lipinski definition) is 2. The largest absolute Gasteiger partial charge is 0.315 e. The second-order valence-electron chi connectivity index (χ2n) is 4.79. The van der Waals surface area contributed by atoms with Crippen molar-refractivity contribution in [2.45, 2.75) is 52.5 Å². The van der Waals surface area contributed by atoms with E-state index in [1.807, 2.05) is 0 Å². The molecule has 0 aromatic rings. The molecular weight excluding hydrogens is 172 g/mol. The molecule has 0 heterocycles. The third kappa shape index (κ3) is 3.97. The minimum Gasteiger partial charge on any atom is -0.315 e. The molecule has 0 aliphatic heterocycles. The highest BCUT2D eigenvalue weighted by Gasteiger charge is 2.39. The Kier molecular flexibility index (Phi) is 4.90. The zero-order valence-corrected chi connectivity index (χ0v) is 10.0. The Morgan fingerprint density at radius 3 is 2.43 bits per heavy atom. The summed E-state index contributed by atoms with van der Waals surface area (Å²) in [6.45, 7) is 10.2. The predicted molar refractivity (Wildman–Crippen MR) is 62.6 cm³/mol. The summed E-state index contributed by atoms with van der Waals surface area (Å²) in [5.41, 5.74) is 0.691. The van der Waals surface area contributed by atoms with Crippen molar-refractivity contribution < 1.29 is 0 Å². The van der Waals surface area contributed by atoms with Crippen LogP contribution in [0.5, 0.6) is 0 Å². The van der Waals surface area contributed by atoms with Crippen LogP contribution in [0.25, 0.3) is 0 Å². The number of rotatable bonds is 8. The van der Waals surface area contributed by atoms with Crippen LogP contribution in [0.3, 0.4) is 0 Å². The van der Waals surface area contributed by atoms with Crippen LogP contribution >= 0.6 is 0 Å². The highest BCUT2D eigenvalue weighted by Crippen LogP contribution is 2.47. The summed E-state index contributed by atoms with van der Waals surface area (Å²) in [6.07, 6.45) is 5.45. The number of nitrogens with one attached hydrogen (secondary N) is 2. The normalized spacial score (nSPS) is 20.8. The van der Waals surface area contributed by atoms with E-state index >= 15 is 0 Å². The minimum absolute atomic E-state index is 0.665. The van der Waals surface area contributed by atoms with E-state index in [-0.39, 0.29) is 0 Å². The van der Waals surface area contributed by atoms with E-state index in [1.54, 1.807) is 0 Å². The molecule has 84 valence electrons. The van der Waals surface area contributed by atoms with Crippen LogP contribution in [0.2, 0.25) is 0 Å².